The van der Waals surface area contributed by atoms with Crippen LogP contribution in [-0.2, 0) is 15.7 Å². The van der Waals surface area contributed by atoms with Gasteiger partial charge in [0.15, 0.2) is 11.5 Å². The van der Waals surface area contributed by atoms with Gasteiger partial charge in [-0.3, -0.25) is 4.79 Å². The van der Waals surface area contributed by atoms with Crippen LogP contribution in [0.4, 0.5) is 18.9 Å². The molecule has 0 aliphatic carbocycles. The van der Waals surface area contributed by atoms with Crippen LogP contribution >= 0.6 is 11.6 Å². The van der Waals surface area contributed by atoms with Crippen LogP contribution in [0.3, 0.4) is 0 Å². The van der Waals surface area contributed by atoms with Gasteiger partial charge in [-0.25, -0.2) is 4.79 Å². The van der Waals surface area contributed by atoms with E-state index in [4.69, 9.17) is 30.5 Å². The van der Waals surface area contributed by atoms with E-state index in [9.17, 15) is 22.8 Å². The summed E-state index contributed by atoms with van der Waals surface area (Å²) in [5, 5.41) is 1.84. The lowest BCUT2D eigenvalue weighted by atomic mass is 10.1. The largest absolute Gasteiger partial charge is 0.493 e. The van der Waals surface area contributed by atoms with Gasteiger partial charge < -0.3 is 24.3 Å². The summed E-state index contributed by atoms with van der Waals surface area (Å²) in [6.45, 7) is 0. The molecule has 1 amide bonds. The van der Waals surface area contributed by atoms with Crippen LogP contribution in [0.5, 0.6) is 17.2 Å². The third kappa shape index (κ3) is 6.01. The molecule has 1 unspecified atom stereocenters. The van der Waals surface area contributed by atoms with Gasteiger partial charge in [0.05, 0.1) is 37.5 Å². The molecule has 0 heterocycles. The molecule has 36 heavy (non-hydrogen) atoms. The average Bonchev–Trinajstić information content (AvgIpc) is 2.86. The zero-order valence-electron chi connectivity index (χ0n) is 19.3. The topological polar surface area (TPSA) is 83.1 Å². The van der Waals surface area contributed by atoms with Crippen molar-refractivity contribution in [2.45, 2.75) is 12.3 Å². The first kappa shape index (κ1) is 26.7. The molecule has 0 saturated heterocycles. The zero-order chi connectivity index (χ0) is 26.5. The second kappa shape index (κ2) is 11.2. The zero-order valence-corrected chi connectivity index (χ0v) is 20.1. The van der Waals surface area contributed by atoms with Gasteiger partial charge in [-0.15, -0.1) is 0 Å². The number of esters is 1. The second-order valence-electron chi connectivity index (χ2n) is 7.29. The number of alkyl halides is 3. The van der Waals surface area contributed by atoms with E-state index in [2.05, 4.69) is 5.32 Å². The number of ether oxygens (including phenoxy) is 4. The highest BCUT2D eigenvalue weighted by molar-refractivity contribution is 6.31. The van der Waals surface area contributed by atoms with E-state index in [1.54, 1.807) is 18.2 Å². The Labute approximate surface area is 209 Å². The number of hydrogen-bond donors (Lipinski definition) is 1. The number of nitrogens with one attached hydrogen (secondary N) is 1. The fraction of sp³-hybridized carbons (Fsp3) is 0.200. The van der Waals surface area contributed by atoms with Crippen molar-refractivity contribution in [1.29, 1.82) is 0 Å². The molecule has 0 aliphatic heterocycles. The lowest BCUT2D eigenvalue weighted by molar-refractivity contribution is -0.137. The van der Waals surface area contributed by atoms with E-state index >= 15 is 0 Å². The number of hydrogen-bond acceptors (Lipinski definition) is 6. The third-order valence-electron chi connectivity index (χ3n) is 5.01. The Kier molecular flexibility index (Phi) is 8.31. The molecule has 11 heteroatoms. The fourth-order valence-electron chi connectivity index (χ4n) is 3.30. The number of methoxy groups -OCH3 is 3. The van der Waals surface area contributed by atoms with Gasteiger partial charge in [0.2, 0.25) is 11.9 Å². The van der Waals surface area contributed by atoms with E-state index in [0.29, 0.717) is 11.6 Å². The Hall–Kier alpha value is -3.92. The normalized spacial score (nSPS) is 11.9. The summed E-state index contributed by atoms with van der Waals surface area (Å²) in [4.78, 5) is 26.1. The van der Waals surface area contributed by atoms with E-state index in [1.807, 2.05) is 0 Å². The molecule has 1 atom stereocenters. The monoisotopic (exact) mass is 523 g/mol. The lowest BCUT2D eigenvalue weighted by Gasteiger charge is -2.20. The molecule has 3 aromatic carbocycles. The minimum absolute atomic E-state index is 0.0101. The predicted molar refractivity (Wildman–Crippen MR) is 126 cm³/mol. The van der Waals surface area contributed by atoms with Gasteiger partial charge in [0.25, 0.3) is 5.91 Å². The Balaban J connectivity index is 1.94. The molecule has 190 valence electrons. The highest BCUT2D eigenvalue weighted by atomic mass is 35.5. The summed E-state index contributed by atoms with van der Waals surface area (Å²) in [6.07, 6.45) is -6.22. The van der Waals surface area contributed by atoms with Crippen molar-refractivity contribution in [1.82, 2.24) is 0 Å². The maximum Gasteiger partial charge on any atom is 0.417 e. The van der Waals surface area contributed by atoms with Gasteiger partial charge in [-0.1, -0.05) is 41.9 Å². The van der Waals surface area contributed by atoms with E-state index in [0.717, 1.165) is 6.07 Å². The summed E-state index contributed by atoms with van der Waals surface area (Å²) < 4.78 is 60.9. The Morgan fingerprint density at radius 3 is 2.03 bits per heavy atom. The SMILES string of the molecule is COc1cc(C(=O)OC(C(=O)Nc2ccc(Cl)c(C(F)(F)F)c2)c2ccccc2)cc(OC)c1OC. The van der Waals surface area contributed by atoms with Gasteiger partial charge in [-0.2, -0.15) is 13.2 Å². The quantitative estimate of drug-likeness (QED) is 0.369. The molecular formula is C25H21ClF3NO6. The van der Waals surface area contributed by atoms with Crippen LogP contribution in [0, 0.1) is 0 Å². The van der Waals surface area contributed by atoms with E-state index in [1.165, 1.54) is 51.7 Å². The van der Waals surface area contributed by atoms with Crippen LogP contribution in [0.1, 0.15) is 27.6 Å². The molecular weight excluding hydrogens is 503 g/mol. The van der Waals surface area contributed by atoms with Gasteiger partial charge in [-0.05, 0) is 30.3 Å². The Bertz CT molecular complexity index is 1230. The maximum absolute atomic E-state index is 13.2. The first-order valence-electron chi connectivity index (χ1n) is 10.3. The smallest absolute Gasteiger partial charge is 0.417 e. The summed E-state index contributed by atoms with van der Waals surface area (Å²) in [5.41, 5.74) is -1.01. The van der Waals surface area contributed by atoms with Crippen molar-refractivity contribution in [2.75, 3.05) is 26.6 Å². The number of amides is 1. The molecule has 0 bridgehead atoms. The summed E-state index contributed by atoms with van der Waals surface area (Å²) in [5.74, 6) is -1.17. The standard InChI is InChI=1S/C25H21ClF3NO6/c1-33-19-11-15(12-20(34-2)22(19)35-3)24(32)36-21(14-7-5-4-6-8-14)23(31)30-16-9-10-18(26)17(13-16)25(27,28)29/h4-13,21H,1-3H3,(H,30,31). The number of carbonyl (C=O) groups excluding carboxylic acids is 2. The number of carbonyl (C=O) groups is 2. The Morgan fingerprint density at radius 2 is 1.50 bits per heavy atom. The first-order chi connectivity index (χ1) is 17.1. The highest BCUT2D eigenvalue weighted by Gasteiger charge is 2.34. The molecule has 7 nitrogen and oxygen atoms in total. The minimum atomic E-state index is -4.73. The highest BCUT2D eigenvalue weighted by Crippen LogP contribution is 2.39. The van der Waals surface area contributed by atoms with Crippen LogP contribution < -0.4 is 19.5 Å². The second-order valence-corrected chi connectivity index (χ2v) is 7.70. The van der Waals surface area contributed by atoms with Crippen LogP contribution in [0.2, 0.25) is 5.02 Å². The van der Waals surface area contributed by atoms with Crippen molar-refractivity contribution in [3.8, 4) is 17.2 Å². The van der Waals surface area contributed by atoms with Crippen LogP contribution in [-0.4, -0.2) is 33.2 Å². The van der Waals surface area contributed by atoms with Crippen molar-refractivity contribution in [3.05, 3.63) is 82.4 Å². The molecule has 3 rings (SSSR count). The lowest BCUT2D eigenvalue weighted by Crippen LogP contribution is -2.26. The Morgan fingerprint density at radius 1 is 0.889 bits per heavy atom. The maximum atomic E-state index is 13.2. The first-order valence-corrected chi connectivity index (χ1v) is 10.7. The molecule has 3 aromatic rings. The van der Waals surface area contributed by atoms with Gasteiger partial charge in [0, 0.05) is 11.3 Å². The van der Waals surface area contributed by atoms with Crippen LogP contribution in [0.25, 0.3) is 0 Å². The number of anilines is 1. The summed E-state index contributed by atoms with van der Waals surface area (Å²) in [6, 6.07) is 13.6. The minimum Gasteiger partial charge on any atom is -0.493 e. The van der Waals surface area contributed by atoms with Gasteiger partial charge >= 0.3 is 12.1 Å². The summed E-state index contributed by atoms with van der Waals surface area (Å²) >= 11 is 5.65. The number of rotatable bonds is 8. The van der Waals surface area contributed by atoms with Crippen molar-refractivity contribution >= 4 is 29.2 Å². The molecule has 1 N–H and O–H groups in total. The molecule has 0 spiro atoms. The van der Waals surface area contributed by atoms with Crippen molar-refractivity contribution in [2.24, 2.45) is 0 Å². The van der Waals surface area contributed by atoms with Gasteiger partial charge in [0.1, 0.15) is 0 Å². The molecule has 0 saturated carbocycles. The van der Waals surface area contributed by atoms with Crippen molar-refractivity contribution in [3.63, 3.8) is 0 Å². The van der Waals surface area contributed by atoms with Crippen LogP contribution in [0.15, 0.2) is 60.7 Å². The predicted octanol–water partition coefficient (Wildman–Crippen LogP) is 5.92. The molecule has 0 fully saturated rings. The van der Waals surface area contributed by atoms with Crippen molar-refractivity contribution < 1.29 is 41.7 Å². The molecule has 0 aliphatic rings. The number of benzene rings is 3. The fourth-order valence-corrected chi connectivity index (χ4v) is 3.53. The van der Waals surface area contributed by atoms with E-state index < -0.39 is 34.7 Å². The molecule has 0 radical (unpaired) electrons. The number of halogens is 4. The third-order valence-corrected chi connectivity index (χ3v) is 5.33. The van der Waals surface area contributed by atoms with E-state index in [-0.39, 0.29) is 28.5 Å². The summed E-state index contributed by atoms with van der Waals surface area (Å²) in [7, 11) is 4.14. The average molecular weight is 524 g/mol. The molecule has 0 aromatic heterocycles.